The van der Waals surface area contributed by atoms with Crippen LogP contribution in [0.25, 0.3) is 0 Å². The summed E-state index contributed by atoms with van der Waals surface area (Å²) in [5.41, 5.74) is 0.120. The van der Waals surface area contributed by atoms with Gasteiger partial charge < -0.3 is 52.3 Å². The van der Waals surface area contributed by atoms with Crippen molar-refractivity contribution >= 4 is 81.8 Å². The molecule has 8 unspecified atom stereocenters. The van der Waals surface area contributed by atoms with E-state index in [0.717, 1.165) is 34.1 Å². The maximum atomic E-state index is 14.6. The Morgan fingerprint density at radius 2 is 0.648 bits per heavy atom. The third kappa shape index (κ3) is 17.2. The zero-order valence-corrected chi connectivity index (χ0v) is 47.4. The molecule has 3 heterocycles. The maximum absolute atomic E-state index is 14.6. The standard InChI is InChI=1S/C56H62N14O18/c1-31-49(73)63-43(27-35-11-19-39(20-12-35)69(85)86)55(79)65-23-3-5-45(65)53(77)58-30-48(72)62-42(26-34-9-17-38(18-10-34)68(83)84)52(76)60-32(2)50(74)64-44(28-36-13-21-40(22-14-36)70(87)88)56(80)66-24-4-6-46(66)54(78)57-29-47(71)61-41(51(75)59-31)25-33-7-15-37(16-8-33)67(81)82/h7-22,31-32,41-46H,3-6,23-30H2,1-2H3,(H,57,78)(H,58,77)(H,59,75)(H,60,76)(H,61,71)(H,62,72)(H,63,73)(H,64,74). The zero-order valence-electron chi connectivity index (χ0n) is 47.4. The molecule has 464 valence electrons. The number of carbonyl (C=O) groups excluding carboxylic acids is 10. The molecule has 3 saturated heterocycles. The van der Waals surface area contributed by atoms with Gasteiger partial charge in [0.1, 0.15) is 48.3 Å². The summed E-state index contributed by atoms with van der Waals surface area (Å²) < 4.78 is 0. The Balaban J connectivity index is 1.20. The van der Waals surface area contributed by atoms with Crippen LogP contribution in [0.5, 0.6) is 0 Å². The van der Waals surface area contributed by atoms with E-state index in [2.05, 4.69) is 42.5 Å². The van der Waals surface area contributed by atoms with Crippen molar-refractivity contribution in [2.75, 3.05) is 26.2 Å². The summed E-state index contributed by atoms with van der Waals surface area (Å²) in [6, 6.07) is 8.50. The lowest BCUT2D eigenvalue weighted by Crippen LogP contribution is -2.59. The molecule has 3 fully saturated rings. The molecular weight excluding hydrogens is 1160 g/mol. The van der Waals surface area contributed by atoms with Gasteiger partial charge in [-0.3, -0.25) is 88.4 Å². The number of benzene rings is 4. The Hall–Kier alpha value is -10.8. The summed E-state index contributed by atoms with van der Waals surface area (Å²) >= 11 is 0. The van der Waals surface area contributed by atoms with Gasteiger partial charge in [0, 0.05) is 87.3 Å². The monoisotopic (exact) mass is 1220 g/mol. The van der Waals surface area contributed by atoms with Crippen molar-refractivity contribution in [1.29, 1.82) is 0 Å². The topological polar surface area (TPSA) is 446 Å². The summed E-state index contributed by atoms with van der Waals surface area (Å²) in [5.74, 6) is -9.03. The first-order valence-corrected chi connectivity index (χ1v) is 27.8. The van der Waals surface area contributed by atoms with Crippen LogP contribution < -0.4 is 42.5 Å². The van der Waals surface area contributed by atoms with Crippen molar-refractivity contribution in [3.63, 3.8) is 0 Å². The summed E-state index contributed by atoms with van der Waals surface area (Å²) in [5, 5.41) is 65.9. The molecule has 4 aromatic rings. The summed E-state index contributed by atoms with van der Waals surface area (Å²) in [6.45, 7) is 0.878. The highest BCUT2D eigenvalue weighted by Gasteiger charge is 2.41. The molecule has 10 amide bonds. The van der Waals surface area contributed by atoms with E-state index in [1.807, 2.05) is 0 Å². The molecule has 8 N–H and O–H groups in total. The smallest absolute Gasteiger partial charge is 0.269 e. The Bertz CT molecular complexity index is 3150. The van der Waals surface area contributed by atoms with Gasteiger partial charge in [0.15, 0.2) is 0 Å². The van der Waals surface area contributed by atoms with Gasteiger partial charge in [-0.1, -0.05) is 48.5 Å². The van der Waals surface area contributed by atoms with E-state index >= 15 is 0 Å². The molecule has 7 rings (SSSR count). The van der Waals surface area contributed by atoms with E-state index in [4.69, 9.17) is 0 Å². The van der Waals surface area contributed by atoms with Gasteiger partial charge in [-0.2, -0.15) is 0 Å². The molecule has 32 heteroatoms. The van der Waals surface area contributed by atoms with Crippen LogP contribution in [0.1, 0.15) is 61.8 Å². The molecule has 3 aliphatic rings. The molecule has 0 aromatic heterocycles. The number of non-ortho nitro benzene ring substituents is 4. The summed E-state index contributed by atoms with van der Waals surface area (Å²) in [4.78, 5) is 187. The number of hydrogen-bond acceptors (Lipinski definition) is 18. The number of nitro benzene ring substituents is 4. The SMILES string of the molecule is CC1NC(=O)C(Cc2ccc([N+](=O)[O-])cc2)NC(=O)CNC(=O)C2CCCN2C(=O)C(Cc2ccc([N+](=O)[O-])cc2)NC(=O)C(C)NC(=O)C(Cc2ccc([N+](=O)[O-])cc2)NC(=O)CNC(=O)C2CCCN2C(=O)C(Cc2ccc([N+](=O)[O-])cc2)NC1=O. The van der Waals surface area contributed by atoms with Crippen LogP contribution in [-0.2, 0) is 73.6 Å². The second-order valence-corrected chi connectivity index (χ2v) is 21.1. The number of fused-ring (bicyclic) bond motifs is 2. The molecule has 0 spiro atoms. The van der Waals surface area contributed by atoms with E-state index in [-0.39, 0.29) is 87.2 Å². The fraction of sp³-hybridized carbons (Fsp3) is 0.393. The number of nitro groups is 4. The first-order valence-electron chi connectivity index (χ1n) is 27.8. The molecule has 0 bridgehead atoms. The predicted molar refractivity (Wildman–Crippen MR) is 306 cm³/mol. The Morgan fingerprint density at radius 1 is 0.375 bits per heavy atom. The summed E-state index contributed by atoms with van der Waals surface area (Å²) in [6.07, 6.45) is -0.572. The van der Waals surface area contributed by atoms with Crippen molar-refractivity contribution in [2.45, 2.75) is 114 Å². The lowest BCUT2D eigenvalue weighted by atomic mass is 10.0. The lowest BCUT2D eigenvalue weighted by Gasteiger charge is -2.30. The van der Waals surface area contributed by atoms with Crippen LogP contribution >= 0.6 is 0 Å². The second kappa shape index (κ2) is 29.3. The van der Waals surface area contributed by atoms with Crippen LogP contribution in [0.3, 0.4) is 0 Å². The van der Waals surface area contributed by atoms with Gasteiger partial charge in [0.25, 0.3) is 22.7 Å². The number of amides is 10. The average molecular weight is 1220 g/mol. The van der Waals surface area contributed by atoms with Crippen LogP contribution in [0.2, 0.25) is 0 Å². The average Bonchev–Trinajstić information content (AvgIpc) is 3.76. The van der Waals surface area contributed by atoms with E-state index in [9.17, 15) is 88.4 Å². The van der Waals surface area contributed by atoms with E-state index < -0.39 is 140 Å². The molecule has 4 aromatic carbocycles. The van der Waals surface area contributed by atoms with Gasteiger partial charge in [0.05, 0.1) is 32.8 Å². The first kappa shape index (κ1) is 64.7. The normalized spacial score (nSPS) is 23.3. The fourth-order valence-corrected chi connectivity index (χ4v) is 10.2. The molecule has 0 saturated carbocycles. The predicted octanol–water partition coefficient (Wildman–Crippen LogP) is -0.233. The van der Waals surface area contributed by atoms with Gasteiger partial charge in [-0.15, -0.1) is 0 Å². The van der Waals surface area contributed by atoms with Crippen molar-refractivity contribution in [3.05, 3.63) is 160 Å². The third-order valence-electron chi connectivity index (χ3n) is 14.9. The molecular formula is C56H62N14O18. The van der Waals surface area contributed by atoms with Gasteiger partial charge in [0.2, 0.25) is 59.1 Å². The minimum Gasteiger partial charge on any atom is -0.345 e. The minimum absolute atomic E-state index is 0.0272. The van der Waals surface area contributed by atoms with Crippen LogP contribution in [0.4, 0.5) is 22.7 Å². The van der Waals surface area contributed by atoms with E-state index in [0.29, 0.717) is 22.3 Å². The molecule has 3 aliphatic heterocycles. The highest BCUT2D eigenvalue weighted by Crippen LogP contribution is 2.24. The van der Waals surface area contributed by atoms with Crippen LogP contribution in [0, 0.1) is 40.5 Å². The second-order valence-electron chi connectivity index (χ2n) is 21.1. The Morgan fingerprint density at radius 3 is 0.920 bits per heavy atom. The van der Waals surface area contributed by atoms with Crippen LogP contribution in [-0.4, -0.2) is 163 Å². The van der Waals surface area contributed by atoms with Gasteiger partial charge in [-0.05, 0) is 61.8 Å². The number of nitrogens with zero attached hydrogens (tertiary/aromatic N) is 6. The largest absolute Gasteiger partial charge is 0.345 e. The Kier molecular flexibility index (Phi) is 21.6. The number of nitrogens with one attached hydrogen (secondary N) is 8. The first-order chi connectivity index (χ1) is 41.8. The van der Waals surface area contributed by atoms with Crippen LogP contribution in [0.15, 0.2) is 97.1 Å². The minimum atomic E-state index is -1.54. The van der Waals surface area contributed by atoms with Gasteiger partial charge >= 0.3 is 0 Å². The van der Waals surface area contributed by atoms with Gasteiger partial charge in [-0.25, -0.2) is 0 Å². The molecule has 88 heavy (non-hydrogen) atoms. The molecule has 0 aliphatic carbocycles. The quantitative estimate of drug-likeness (QED) is 0.0671. The van der Waals surface area contributed by atoms with Crippen molar-refractivity contribution < 1.29 is 67.6 Å². The summed E-state index contributed by atoms with van der Waals surface area (Å²) in [7, 11) is 0. The fourth-order valence-electron chi connectivity index (χ4n) is 10.2. The lowest BCUT2D eigenvalue weighted by molar-refractivity contribution is -0.385. The van der Waals surface area contributed by atoms with Crippen molar-refractivity contribution in [3.8, 4) is 0 Å². The number of rotatable bonds is 12. The molecule has 0 radical (unpaired) electrons. The molecule has 8 atom stereocenters. The Labute approximate surface area is 499 Å². The highest BCUT2D eigenvalue weighted by molar-refractivity contribution is 5.99. The van der Waals surface area contributed by atoms with E-state index in [1.54, 1.807) is 0 Å². The maximum Gasteiger partial charge on any atom is 0.269 e. The number of hydrogen-bond donors (Lipinski definition) is 8. The van der Waals surface area contributed by atoms with Crippen molar-refractivity contribution in [2.24, 2.45) is 0 Å². The highest BCUT2D eigenvalue weighted by atomic mass is 16.6. The zero-order chi connectivity index (χ0) is 63.9. The van der Waals surface area contributed by atoms with Crippen molar-refractivity contribution in [1.82, 2.24) is 52.3 Å². The number of carbonyl (C=O) groups is 10. The molecule has 32 nitrogen and oxygen atoms in total. The van der Waals surface area contributed by atoms with E-state index in [1.165, 1.54) is 86.6 Å². The third-order valence-corrected chi connectivity index (χ3v) is 14.9.